The number of aromatic nitrogens is 2. The van der Waals surface area contributed by atoms with Crippen LogP contribution in [0, 0.1) is 0 Å². The molecule has 2 aromatic rings. The Hall–Kier alpha value is -1.68. The van der Waals surface area contributed by atoms with Gasteiger partial charge in [-0.05, 0) is 39.3 Å². The molecule has 0 amide bonds. The number of carbonyl (C=O) groups excluding carboxylic acids is 1. The highest BCUT2D eigenvalue weighted by atomic mass is 16.1. The molecular weight excluding hydrogens is 250 g/mol. The number of rotatable bonds is 4. The number of benzene rings is 1. The van der Waals surface area contributed by atoms with E-state index in [-0.39, 0.29) is 11.3 Å². The van der Waals surface area contributed by atoms with Crippen LogP contribution < -0.4 is 5.32 Å². The fraction of sp³-hybridized carbons (Fsp3) is 0.500. The largest absolute Gasteiger partial charge is 0.305 e. The van der Waals surface area contributed by atoms with Gasteiger partial charge in [-0.25, -0.2) is 0 Å². The predicted molar refractivity (Wildman–Crippen MR) is 79.8 cm³/mol. The van der Waals surface area contributed by atoms with Crippen LogP contribution in [0.4, 0.5) is 0 Å². The lowest BCUT2D eigenvalue weighted by molar-refractivity contribution is -0.123. The molecule has 1 saturated heterocycles. The molecule has 1 aliphatic heterocycles. The minimum atomic E-state index is -0.364. The van der Waals surface area contributed by atoms with Crippen molar-refractivity contribution in [2.24, 2.45) is 0 Å². The summed E-state index contributed by atoms with van der Waals surface area (Å²) in [5.74, 6) is 0.251. The van der Waals surface area contributed by atoms with Gasteiger partial charge < -0.3 is 5.32 Å². The van der Waals surface area contributed by atoms with E-state index in [1.165, 1.54) is 0 Å². The standard InChI is InChI=1S/C16H21N3O/c1-3-19-14-8-5-4-7-12(14)13(18-19)11-15(20)16(2)9-6-10-17-16/h4-5,7-8,17H,3,6,9-11H2,1-2H3. The highest BCUT2D eigenvalue weighted by molar-refractivity contribution is 5.93. The number of fused-ring (bicyclic) bond motifs is 1. The van der Waals surface area contributed by atoms with Crippen molar-refractivity contribution in [2.75, 3.05) is 6.54 Å². The third kappa shape index (κ3) is 2.14. The maximum atomic E-state index is 12.6. The molecule has 0 aliphatic carbocycles. The van der Waals surface area contributed by atoms with Crippen LogP contribution in [0.25, 0.3) is 10.9 Å². The van der Waals surface area contributed by atoms with Gasteiger partial charge in [0.25, 0.3) is 0 Å². The number of Topliss-reactive ketones (excluding diaryl/α,β-unsaturated/α-hetero) is 1. The van der Waals surface area contributed by atoms with Crippen LogP contribution in [0.5, 0.6) is 0 Å². The Morgan fingerprint density at radius 2 is 2.25 bits per heavy atom. The lowest BCUT2D eigenvalue weighted by atomic mass is 9.91. The highest BCUT2D eigenvalue weighted by Gasteiger charge is 2.35. The molecule has 1 aliphatic rings. The summed E-state index contributed by atoms with van der Waals surface area (Å²) in [4.78, 5) is 12.6. The second-order valence-electron chi connectivity index (χ2n) is 5.74. The van der Waals surface area contributed by atoms with E-state index in [0.717, 1.165) is 42.5 Å². The lowest BCUT2D eigenvalue weighted by Crippen LogP contribution is -2.45. The molecular formula is C16H21N3O. The van der Waals surface area contributed by atoms with Crippen LogP contribution in [0.3, 0.4) is 0 Å². The predicted octanol–water partition coefficient (Wildman–Crippen LogP) is 2.31. The van der Waals surface area contributed by atoms with E-state index in [4.69, 9.17) is 0 Å². The molecule has 1 aromatic carbocycles. The van der Waals surface area contributed by atoms with Gasteiger partial charge in [0.15, 0.2) is 5.78 Å². The zero-order valence-electron chi connectivity index (χ0n) is 12.1. The second-order valence-corrected chi connectivity index (χ2v) is 5.74. The van der Waals surface area contributed by atoms with Crippen LogP contribution in [-0.2, 0) is 17.8 Å². The van der Waals surface area contributed by atoms with Gasteiger partial charge in [-0.1, -0.05) is 18.2 Å². The first kappa shape index (κ1) is 13.3. The van der Waals surface area contributed by atoms with Gasteiger partial charge >= 0.3 is 0 Å². The fourth-order valence-corrected chi connectivity index (χ4v) is 3.05. The monoisotopic (exact) mass is 271 g/mol. The number of hydrogen-bond donors (Lipinski definition) is 1. The number of aryl methyl sites for hydroxylation is 1. The van der Waals surface area contributed by atoms with E-state index in [1.807, 2.05) is 23.7 Å². The molecule has 0 spiro atoms. The lowest BCUT2D eigenvalue weighted by Gasteiger charge is -2.22. The molecule has 4 nitrogen and oxygen atoms in total. The third-order valence-electron chi connectivity index (χ3n) is 4.35. The summed E-state index contributed by atoms with van der Waals surface area (Å²) in [5, 5.41) is 9.06. The molecule has 1 N–H and O–H groups in total. The van der Waals surface area contributed by atoms with Gasteiger partial charge in [0, 0.05) is 11.9 Å². The van der Waals surface area contributed by atoms with Crippen LogP contribution >= 0.6 is 0 Å². The van der Waals surface area contributed by atoms with Crippen molar-refractivity contribution < 1.29 is 4.79 Å². The van der Waals surface area contributed by atoms with Gasteiger partial charge in [-0.3, -0.25) is 9.48 Å². The van der Waals surface area contributed by atoms with Gasteiger partial charge in [-0.15, -0.1) is 0 Å². The van der Waals surface area contributed by atoms with E-state index >= 15 is 0 Å². The van der Waals surface area contributed by atoms with Crippen molar-refractivity contribution in [1.29, 1.82) is 0 Å². The fourth-order valence-electron chi connectivity index (χ4n) is 3.05. The molecule has 1 fully saturated rings. The molecule has 4 heteroatoms. The number of nitrogens with zero attached hydrogens (tertiary/aromatic N) is 2. The van der Waals surface area contributed by atoms with Gasteiger partial charge in [-0.2, -0.15) is 5.10 Å². The first-order valence-electron chi connectivity index (χ1n) is 7.37. The van der Waals surface area contributed by atoms with E-state index in [1.54, 1.807) is 0 Å². The van der Waals surface area contributed by atoms with Crippen molar-refractivity contribution >= 4 is 16.7 Å². The molecule has 1 aromatic heterocycles. The van der Waals surface area contributed by atoms with E-state index < -0.39 is 0 Å². The minimum absolute atomic E-state index is 0.251. The van der Waals surface area contributed by atoms with E-state index in [0.29, 0.717) is 6.42 Å². The van der Waals surface area contributed by atoms with Crippen molar-refractivity contribution in [3.05, 3.63) is 30.0 Å². The van der Waals surface area contributed by atoms with E-state index in [2.05, 4.69) is 29.5 Å². The number of hydrogen-bond acceptors (Lipinski definition) is 3. The number of para-hydroxylation sites is 1. The van der Waals surface area contributed by atoms with Crippen molar-refractivity contribution in [3.8, 4) is 0 Å². The maximum absolute atomic E-state index is 12.6. The van der Waals surface area contributed by atoms with Gasteiger partial charge in [0.1, 0.15) is 0 Å². The Morgan fingerprint density at radius 3 is 2.95 bits per heavy atom. The second kappa shape index (κ2) is 5.02. The average Bonchev–Trinajstić information content (AvgIpc) is 3.05. The molecule has 0 bridgehead atoms. The van der Waals surface area contributed by atoms with Gasteiger partial charge in [0.2, 0.25) is 0 Å². The molecule has 106 valence electrons. The summed E-state index contributed by atoms with van der Waals surface area (Å²) in [5.41, 5.74) is 1.65. The Morgan fingerprint density at radius 1 is 1.45 bits per heavy atom. The number of ketones is 1. The summed E-state index contributed by atoms with van der Waals surface area (Å²) in [6, 6.07) is 8.14. The van der Waals surface area contributed by atoms with Crippen molar-refractivity contribution in [2.45, 2.75) is 45.2 Å². The first-order valence-corrected chi connectivity index (χ1v) is 7.37. The molecule has 3 rings (SSSR count). The summed E-state index contributed by atoms with van der Waals surface area (Å²) in [6.45, 7) is 5.85. The smallest absolute Gasteiger partial charge is 0.158 e. The maximum Gasteiger partial charge on any atom is 0.158 e. The average molecular weight is 271 g/mol. The normalized spacial score (nSPS) is 22.5. The third-order valence-corrected chi connectivity index (χ3v) is 4.35. The van der Waals surface area contributed by atoms with Crippen LogP contribution in [0.15, 0.2) is 24.3 Å². The van der Waals surface area contributed by atoms with E-state index in [9.17, 15) is 4.79 Å². The summed E-state index contributed by atoms with van der Waals surface area (Å²) in [7, 11) is 0. The molecule has 2 heterocycles. The topological polar surface area (TPSA) is 46.9 Å². The van der Waals surface area contributed by atoms with Gasteiger partial charge in [0.05, 0.1) is 23.2 Å². The molecule has 1 unspecified atom stereocenters. The van der Waals surface area contributed by atoms with Crippen LogP contribution in [0.2, 0.25) is 0 Å². The Bertz CT molecular complexity index is 638. The molecule has 0 radical (unpaired) electrons. The summed E-state index contributed by atoms with van der Waals surface area (Å²) >= 11 is 0. The Labute approximate surface area is 119 Å². The molecule has 1 atom stereocenters. The summed E-state index contributed by atoms with van der Waals surface area (Å²) < 4.78 is 1.97. The SMILES string of the molecule is CCn1nc(CC(=O)C2(C)CCCN2)c2ccccc21. The van der Waals surface area contributed by atoms with Crippen LogP contribution in [-0.4, -0.2) is 27.6 Å². The minimum Gasteiger partial charge on any atom is -0.305 e. The number of carbonyl (C=O) groups is 1. The van der Waals surface area contributed by atoms with Crippen molar-refractivity contribution in [1.82, 2.24) is 15.1 Å². The Balaban J connectivity index is 1.93. The highest BCUT2D eigenvalue weighted by Crippen LogP contribution is 2.24. The molecule has 20 heavy (non-hydrogen) atoms. The molecule has 0 saturated carbocycles. The summed E-state index contributed by atoms with van der Waals surface area (Å²) in [6.07, 6.45) is 2.42. The van der Waals surface area contributed by atoms with Crippen LogP contribution in [0.1, 0.15) is 32.4 Å². The zero-order chi connectivity index (χ0) is 14.2. The Kier molecular flexibility index (Phi) is 3.34. The van der Waals surface area contributed by atoms with Crippen molar-refractivity contribution in [3.63, 3.8) is 0 Å². The number of nitrogens with one attached hydrogen (secondary N) is 1. The quantitative estimate of drug-likeness (QED) is 0.928. The first-order chi connectivity index (χ1) is 9.64. The zero-order valence-corrected chi connectivity index (χ0v) is 12.1.